The summed E-state index contributed by atoms with van der Waals surface area (Å²) in [6, 6.07) is 5.47. The van der Waals surface area contributed by atoms with Gasteiger partial charge in [0.25, 0.3) is 5.91 Å². The predicted octanol–water partition coefficient (Wildman–Crippen LogP) is 3.43. The summed E-state index contributed by atoms with van der Waals surface area (Å²) in [5.74, 6) is -0.0999. The molecule has 0 bridgehead atoms. The number of benzene rings is 1. The van der Waals surface area contributed by atoms with Crippen LogP contribution >= 0.6 is 28.6 Å². The van der Waals surface area contributed by atoms with Gasteiger partial charge >= 0.3 is 0 Å². The van der Waals surface area contributed by atoms with Crippen LogP contribution in [0, 0.1) is 0 Å². The van der Waals surface area contributed by atoms with E-state index in [2.05, 4.69) is 40.5 Å². The molecule has 4 heteroatoms. The molecule has 0 aliphatic carbocycles. The van der Waals surface area contributed by atoms with Gasteiger partial charge in [-0.25, -0.2) is 0 Å². The summed E-state index contributed by atoms with van der Waals surface area (Å²) in [6.45, 7) is 5.58. The van der Waals surface area contributed by atoms with Gasteiger partial charge in [-0.2, -0.15) is 0 Å². The molecule has 86 valence electrons. The van der Waals surface area contributed by atoms with Gasteiger partial charge in [0, 0.05) is 15.4 Å². The number of thiol groups is 1. The van der Waals surface area contributed by atoms with E-state index in [1.165, 1.54) is 0 Å². The summed E-state index contributed by atoms with van der Waals surface area (Å²) in [7, 11) is 0. The van der Waals surface area contributed by atoms with E-state index in [0.29, 0.717) is 5.56 Å². The Kier molecular flexibility index (Phi) is 5.09. The number of hydrogen-bond donors (Lipinski definition) is 2. The molecular weight excluding hydrogens is 286 g/mol. The molecule has 0 spiro atoms. The molecule has 0 heterocycles. The standard InChI is InChI=1S/C12H14BrNOS/c1-3-4-8(2)14-12(15)10-7-9(16)5-6-11(10)13/h3,5-8,16H,1,4H2,2H3,(H,14,15). The summed E-state index contributed by atoms with van der Waals surface area (Å²) in [4.78, 5) is 12.7. The van der Waals surface area contributed by atoms with E-state index in [1.54, 1.807) is 12.1 Å². The fourth-order valence-electron chi connectivity index (χ4n) is 1.30. The van der Waals surface area contributed by atoms with Crippen molar-refractivity contribution in [3.05, 3.63) is 40.9 Å². The maximum atomic E-state index is 11.9. The average molecular weight is 300 g/mol. The molecule has 0 aromatic heterocycles. The van der Waals surface area contributed by atoms with E-state index < -0.39 is 0 Å². The van der Waals surface area contributed by atoms with Crippen LogP contribution in [0.4, 0.5) is 0 Å². The summed E-state index contributed by atoms with van der Waals surface area (Å²) in [5.41, 5.74) is 0.600. The maximum absolute atomic E-state index is 11.9. The van der Waals surface area contributed by atoms with Gasteiger partial charge in [-0.05, 0) is 47.5 Å². The number of amides is 1. The van der Waals surface area contributed by atoms with Crippen LogP contribution in [0.2, 0.25) is 0 Å². The Bertz CT molecular complexity index is 406. The molecule has 0 saturated carbocycles. The third-order valence-corrected chi connectivity index (χ3v) is 3.06. The second-order valence-corrected chi connectivity index (χ2v) is 4.93. The van der Waals surface area contributed by atoms with Crippen molar-refractivity contribution in [2.45, 2.75) is 24.3 Å². The average Bonchev–Trinajstić information content (AvgIpc) is 2.21. The van der Waals surface area contributed by atoms with Gasteiger partial charge in [-0.15, -0.1) is 19.2 Å². The molecule has 0 aliphatic heterocycles. The maximum Gasteiger partial charge on any atom is 0.252 e. The van der Waals surface area contributed by atoms with Gasteiger partial charge in [-0.1, -0.05) is 6.08 Å². The van der Waals surface area contributed by atoms with Crippen molar-refractivity contribution >= 4 is 34.5 Å². The van der Waals surface area contributed by atoms with Crippen molar-refractivity contribution in [2.75, 3.05) is 0 Å². The van der Waals surface area contributed by atoms with E-state index in [0.717, 1.165) is 15.8 Å². The topological polar surface area (TPSA) is 29.1 Å². The molecule has 1 N–H and O–H groups in total. The van der Waals surface area contributed by atoms with Gasteiger partial charge in [0.1, 0.15) is 0 Å². The molecule has 1 rings (SSSR count). The van der Waals surface area contributed by atoms with Crippen molar-refractivity contribution < 1.29 is 4.79 Å². The van der Waals surface area contributed by atoms with E-state index in [1.807, 2.05) is 19.1 Å². The lowest BCUT2D eigenvalue weighted by Gasteiger charge is -2.12. The van der Waals surface area contributed by atoms with Crippen LogP contribution < -0.4 is 5.32 Å². The number of hydrogen-bond acceptors (Lipinski definition) is 2. The van der Waals surface area contributed by atoms with Crippen molar-refractivity contribution in [3.63, 3.8) is 0 Å². The van der Waals surface area contributed by atoms with Crippen molar-refractivity contribution in [1.29, 1.82) is 0 Å². The fourth-order valence-corrected chi connectivity index (χ4v) is 1.93. The monoisotopic (exact) mass is 299 g/mol. The first-order chi connectivity index (χ1) is 7.54. The SMILES string of the molecule is C=CCC(C)NC(=O)c1cc(S)ccc1Br. The highest BCUT2D eigenvalue weighted by molar-refractivity contribution is 9.10. The van der Waals surface area contributed by atoms with Crippen molar-refractivity contribution in [2.24, 2.45) is 0 Å². The van der Waals surface area contributed by atoms with E-state index in [4.69, 9.17) is 0 Å². The molecule has 0 fully saturated rings. The fraction of sp³-hybridized carbons (Fsp3) is 0.250. The molecule has 1 atom stereocenters. The summed E-state index contributed by atoms with van der Waals surface area (Å²) in [6.07, 6.45) is 2.54. The molecule has 1 amide bonds. The number of rotatable bonds is 4. The zero-order valence-electron chi connectivity index (χ0n) is 9.03. The lowest BCUT2D eigenvalue weighted by molar-refractivity contribution is 0.0939. The zero-order chi connectivity index (χ0) is 12.1. The first-order valence-corrected chi connectivity index (χ1v) is 6.19. The van der Waals surface area contributed by atoms with Gasteiger partial charge in [0.15, 0.2) is 0 Å². The van der Waals surface area contributed by atoms with Crippen LogP contribution in [0.5, 0.6) is 0 Å². The van der Waals surface area contributed by atoms with Crippen LogP contribution in [-0.4, -0.2) is 11.9 Å². The molecule has 1 aromatic rings. The minimum atomic E-state index is -0.0999. The lowest BCUT2D eigenvalue weighted by Crippen LogP contribution is -2.32. The first kappa shape index (κ1) is 13.3. The second kappa shape index (κ2) is 6.11. The molecule has 0 saturated heterocycles. The minimum absolute atomic E-state index is 0.0838. The van der Waals surface area contributed by atoms with Crippen LogP contribution in [0.3, 0.4) is 0 Å². The van der Waals surface area contributed by atoms with Crippen LogP contribution in [0.15, 0.2) is 40.2 Å². The summed E-state index contributed by atoms with van der Waals surface area (Å²) in [5, 5.41) is 2.89. The second-order valence-electron chi connectivity index (χ2n) is 3.56. The number of carbonyl (C=O) groups is 1. The molecule has 1 unspecified atom stereocenters. The minimum Gasteiger partial charge on any atom is -0.349 e. The van der Waals surface area contributed by atoms with Gasteiger partial charge in [0.05, 0.1) is 5.56 Å². The molecular formula is C12H14BrNOS. The third-order valence-electron chi connectivity index (χ3n) is 2.09. The zero-order valence-corrected chi connectivity index (χ0v) is 11.5. The smallest absolute Gasteiger partial charge is 0.252 e. The highest BCUT2D eigenvalue weighted by Crippen LogP contribution is 2.20. The number of nitrogens with one attached hydrogen (secondary N) is 1. The highest BCUT2D eigenvalue weighted by atomic mass is 79.9. The highest BCUT2D eigenvalue weighted by Gasteiger charge is 2.12. The van der Waals surface area contributed by atoms with Crippen molar-refractivity contribution in [3.8, 4) is 0 Å². The Morgan fingerprint density at radius 2 is 2.38 bits per heavy atom. The molecule has 2 nitrogen and oxygen atoms in total. The number of carbonyl (C=O) groups excluding carboxylic acids is 1. The van der Waals surface area contributed by atoms with Crippen LogP contribution in [-0.2, 0) is 0 Å². The molecule has 0 radical (unpaired) electrons. The van der Waals surface area contributed by atoms with E-state index in [-0.39, 0.29) is 11.9 Å². The van der Waals surface area contributed by atoms with E-state index >= 15 is 0 Å². The Balaban J connectivity index is 2.80. The largest absolute Gasteiger partial charge is 0.349 e. The summed E-state index contributed by atoms with van der Waals surface area (Å²) < 4.78 is 0.772. The molecule has 16 heavy (non-hydrogen) atoms. The van der Waals surface area contributed by atoms with E-state index in [9.17, 15) is 4.79 Å². The van der Waals surface area contributed by atoms with Gasteiger partial charge in [-0.3, -0.25) is 4.79 Å². The Hall–Kier alpha value is -0.740. The quantitative estimate of drug-likeness (QED) is 0.647. The van der Waals surface area contributed by atoms with Crippen LogP contribution in [0.25, 0.3) is 0 Å². The molecule has 0 aliphatic rings. The Morgan fingerprint density at radius 3 is 3.00 bits per heavy atom. The third kappa shape index (κ3) is 3.68. The van der Waals surface area contributed by atoms with Gasteiger partial charge in [0.2, 0.25) is 0 Å². The lowest BCUT2D eigenvalue weighted by atomic mass is 10.2. The normalized spacial score (nSPS) is 11.9. The first-order valence-electron chi connectivity index (χ1n) is 4.95. The number of halogens is 1. The Morgan fingerprint density at radius 1 is 1.69 bits per heavy atom. The predicted molar refractivity (Wildman–Crippen MR) is 73.1 cm³/mol. The van der Waals surface area contributed by atoms with Crippen LogP contribution in [0.1, 0.15) is 23.7 Å². The molecule has 1 aromatic carbocycles. The Labute approximate surface area is 110 Å². The van der Waals surface area contributed by atoms with Crippen molar-refractivity contribution in [1.82, 2.24) is 5.32 Å². The summed E-state index contributed by atoms with van der Waals surface area (Å²) >= 11 is 7.56. The van der Waals surface area contributed by atoms with Gasteiger partial charge < -0.3 is 5.32 Å².